The Balaban J connectivity index is 1.99. The van der Waals surface area contributed by atoms with Crippen molar-refractivity contribution in [3.8, 4) is 0 Å². The maximum absolute atomic E-state index is 11.8. The standard InChI is InChI=1S/C10H17NO4S/c1-16(13,14)6-9(12)11-4-5-15-8-10(7-11)2-3-10/h2-8H2,1H3. The molecular weight excluding hydrogens is 230 g/mol. The second-order valence-electron chi connectivity index (χ2n) is 4.94. The number of rotatable bonds is 2. The Morgan fingerprint density at radius 3 is 2.69 bits per heavy atom. The zero-order valence-electron chi connectivity index (χ0n) is 9.44. The molecule has 1 saturated carbocycles. The quantitative estimate of drug-likeness (QED) is 0.670. The van der Waals surface area contributed by atoms with Crippen molar-refractivity contribution in [1.29, 1.82) is 0 Å². The fourth-order valence-corrected chi connectivity index (χ4v) is 2.63. The van der Waals surface area contributed by atoms with Gasteiger partial charge in [0, 0.05) is 24.8 Å². The zero-order valence-corrected chi connectivity index (χ0v) is 10.3. The summed E-state index contributed by atoms with van der Waals surface area (Å²) in [4.78, 5) is 13.4. The molecule has 1 amide bonds. The number of ether oxygens (including phenoxy) is 1. The highest BCUT2D eigenvalue weighted by Gasteiger charge is 2.46. The van der Waals surface area contributed by atoms with Crippen molar-refractivity contribution in [2.24, 2.45) is 5.41 Å². The summed E-state index contributed by atoms with van der Waals surface area (Å²) in [5.74, 6) is -0.678. The molecule has 2 aliphatic rings. The van der Waals surface area contributed by atoms with Crippen LogP contribution in [0.1, 0.15) is 12.8 Å². The van der Waals surface area contributed by atoms with E-state index in [-0.39, 0.29) is 17.1 Å². The molecule has 1 heterocycles. The Morgan fingerprint density at radius 1 is 1.44 bits per heavy atom. The van der Waals surface area contributed by atoms with Crippen LogP contribution in [-0.4, -0.2) is 57.5 Å². The van der Waals surface area contributed by atoms with Crippen LogP contribution >= 0.6 is 0 Å². The predicted octanol–water partition coefficient (Wildman–Crippen LogP) is -0.330. The summed E-state index contributed by atoms with van der Waals surface area (Å²) in [7, 11) is -3.23. The van der Waals surface area contributed by atoms with E-state index in [0.717, 1.165) is 19.1 Å². The Labute approximate surface area is 95.7 Å². The molecule has 0 unspecified atom stereocenters. The topological polar surface area (TPSA) is 63.7 Å². The molecular formula is C10H17NO4S. The number of amides is 1. The number of carbonyl (C=O) groups is 1. The van der Waals surface area contributed by atoms with Crippen LogP contribution in [0.2, 0.25) is 0 Å². The van der Waals surface area contributed by atoms with Gasteiger partial charge in [0.05, 0.1) is 13.2 Å². The van der Waals surface area contributed by atoms with E-state index in [2.05, 4.69) is 0 Å². The molecule has 1 spiro atoms. The molecule has 1 aliphatic heterocycles. The molecule has 0 N–H and O–H groups in total. The molecule has 0 radical (unpaired) electrons. The molecule has 92 valence electrons. The summed E-state index contributed by atoms with van der Waals surface area (Å²) in [6.07, 6.45) is 3.25. The van der Waals surface area contributed by atoms with Gasteiger partial charge in [-0.3, -0.25) is 4.79 Å². The average Bonchev–Trinajstić information content (AvgIpc) is 2.91. The molecule has 6 heteroatoms. The maximum atomic E-state index is 11.8. The fourth-order valence-electron chi connectivity index (χ4n) is 2.00. The third-order valence-corrected chi connectivity index (χ3v) is 3.91. The van der Waals surface area contributed by atoms with Crippen LogP contribution in [0.3, 0.4) is 0 Å². The molecule has 0 aromatic heterocycles. The average molecular weight is 247 g/mol. The Bertz CT molecular complexity index is 386. The summed E-state index contributed by atoms with van der Waals surface area (Å²) in [6.45, 7) is 2.38. The normalized spacial score (nSPS) is 24.2. The number of nitrogens with zero attached hydrogens (tertiary/aromatic N) is 1. The molecule has 5 nitrogen and oxygen atoms in total. The molecule has 1 aliphatic carbocycles. The van der Waals surface area contributed by atoms with Crippen LogP contribution in [-0.2, 0) is 19.4 Å². The van der Waals surface area contributed by atoms with Gasteiger partial charge in [0.1, 0.15) is 5.75 Å². The van der Waals surface area contributed by atoms with Gasteiger partial charge in [-0.15, -0.1) is 0 Å². The Morgan fingerprint density at radius 2 is 2.12 bits per heavy atom. The Hall–Kier alpha value is -0.620. The van der Waals surface area contributed by atoms with E-state index in [1.165, 1.54) is 0 Å². The molecule has 2 rings (SSSR count). The maximum Gasteiger partial charge on any atom is 0.237 e. The van der Waals surface area contributed by atoms with Gasteiger partial charge in [0.25, 0.3) is 0 Å². The molecule has 1 saturated heterocycles. The van der Waals surface area contributed by atoms with Crippen LogP contribution in [0.25, 0.3) is 0 Å². The monoisotopic (exact) mass is 247 g/mol. The van der Waals surface area contributed by atoms with E-state index in [1.807, 2.05) is 0 Å². The van der Waals surface area contributed by atoms with E-state index in [9.17, 15) is 13.2 Å². The van der Waals surface area contributed by atoms with Crippen molar-refractivity contribution in [3.05, 3.63) is 0 Å². The SMILES string of the molecule is CS(=O)(=O)CC(=O)N1CCOCC2(CC2)C1. The lowest BCUT2D eigenvalue weighted by atomic mass is 10.1. The third-order valence-electron chi connectivity index (χ3n) is 3.14. The minimum Gasteiger partial charge on any atom is -0.379 e. The molecule has 0 atom stereocenters. The highest BCUT2D eigenvalue weighted by Crippen LogP contribution is 2.47. The summed E-state index contributed by atoms with van der Waals surface area (Å²) in [5.41, 5.74) is 0.129. The van der Waals surface area contributed by atoms with Crippen LogP contribution in [0, 0.1) is 5.41 Å². The van der Waals surface area contributed by atoms with E-state index in [1.54, 1.807) is 4.90 Å². The van der Waals surface area contributed by atoms with Gasteiger partial charge >= 0.3 is 0 Å². The van der Waals surface area contributed by atoms with Crippen LogP contribution in [0.5, 0.6) is 0 Å². The van der Waals surface area contributed by atoms with Gasteiger partial charge in [0.2, 0.25) is 5.91 Å². The summed E-state index contributed by atoms with van der Waals surface area (Å²) in [6, 6.07) is 0. The first-order chi connectivity index (χ1) is 7.40. The minimum atomic E-state index is -3.23. The molecule has 2 fully saturated rings. The van der Waals surface area contributed by atoms with Crippen molar-refractivity contribution in [3.63, 3.8) is 0 Å². The third kappa shape index (κ3) is 2.95. The van der Waals surface area contributed by atoms with Crippen molar-refractivity contribution in [1.82, 2.24) is 4.90 Å². The van der Waals surface area contributed by atoms with Crippen molar-refractivity contribution in [2.75, 3.05) is 38.3 Å². The number of carbonyl (C=O) groups excluding carboxylic acids is 1. The highest BCUT2D eigenvalue weighted by atomic mass is 32.2. The number of hydrogen-bond donors (Lipinski definition) is 0. The summed E-state index contributed by atoms with van der Waals surface area (Å²) >= 11 is 0. The van der Waals surface area contributed by atoms with E-state index >= 15 is 0 Å². The van der Waals surface area contributed by atoms with E-state index in [0.29, 0.717) is 26.3 Å². The first kappa shape index (κ1) is 11.9. The van der Waals surface area contributed by atoms with Crippen LogP contribution < -0.4 is 0 Å². The minimum absolute atomic E-state index is 0.129. The molecule has 0 aromatic rings. The fraction of sp³-hybridized carbons (Fsp3) is 0.900. The number of sulfone groups is 1. The predicted molar refractivity (Wildman–Crippen MR) is 58.8 cm³/mol. The van der Waals surface area contributed by atoms with Crippen molar-refractivity contribution >= 4 is 15.7 Å². The second-order valence-corrected chi connectivity index (χ2v) is 7.08. The van der Waals surface area contributed by atoms with Crippen molar-refractivity contribution in [2.45, 2.75) is 12.8 Å². The lowest BCUT2D eigenvalue weighted by Gasteiger charge is -2.22. The second kappa shape index (κ2) is 4.00. The smallest absolute Gasteiger partial charge is 0.237 e. The van der Waals surface area contributed by atoms with Crippen molar-refractivity contribution < 1.29 is 17.9 Å². The molecule has 0 bridgehead atoms. The van der Waals surface area contributed by atoms with E-state index in [4.69, 9.17) is 4.74 Å². The lowest BCUT2D eigenvalue weighted by Crippen LogP contribution is -2.39. The molecule has 0 aromatic carbocycles. The van der Waals surface area contributed by atoms with E-state index < -0.39 is 9.84 Å². The number of hydrogen-bond acceptors (Lipinski definition) is 4. The van der Waals surface area contributed by atoms with Gasteiger partial charge < -0.3 is 9.64 Å². The van der Waals surface area contributed by atoms with Gasteiger partial charge in [-0.2, -0.15) is 0 Å². The van der Waals surface area contributed by atoms with Crippen LogP contribution in [0.4, 0.5) is 0 Å². The summed E-state index contributed by atoms with van der Waals surface area (Å²) < 4.78 is 27.6. The van der Waals surface area contributed by atoms with Gasteiger partial charge in [-0.05, 0) is 12.8 Å². The van der Waals surface area contributed by atoms with Gasteiger partial charge in [-0.25, -0.2) is 8.42 Å². The summed E-state index contributed by atoms with van der Waals surface area (Å²) in [5, 5.41) is 0. The van der Waals surface area contributed by atoms with Gasteiger partial charge in [0.15, 0.2) is 9.84 Å². The molecule has 16 heavy (non-hydrogen) atoms. The highest BCUT2D eigenvalue weighted by molar-refractivity contribution is 7.91. The first-order valence-corrected chi connectivity index (χ1v) is 7.50. The lowest BCUT2D eigenvalue weighted by molar-refractivity contribution is -0.129. The first-order valence-electron chi connectivity index (χ1n) is 5.44. The Kier molecular flexibility index (Phi) is 2.96. The van der Waals surface area contributed by atoms with Gasteiger partial charge in [-0.1, -0.05) is 0 Å². The zero-order chi connectivity index (χ0) is 11.8. The van der Waals surface area contributed by atoms with Crippen LogP contribution in [0.15, 0.2) is 0 Å². The largest absolute Gasteiger partial charge is 0.379 e.